The molecular formula is C13H19ClN2O2S2. The van der Waals surface area contributed by atoms with Gasteiger partial charge in [0.2, 0.25) is 5.91 Å². The van der Waals surface area contributed by atoms with Gasteiger partial charge in [-0.3, -0.25) is 4.79 Å². The van der Waals surface area contributed by atoms with Crippen molar-refractivity contribution < 1.29 is 9.53 Å². The first kappa shape index (κ1) is 17.5. The van der Waals surface area contributed by atoms with Gasteiger partial charge in [-0.15, -0.1) is 24.2 Å². The molecule has 20 heavy (non-hydrogen) atoms. The predicted octanol–water partition coefficient (Wildman–Crippen LogP) is 2.23. The Morgan fingerprint density at radius 2 is 2.10 bits per heavy atom. The number of amides is 1. The summed E-state index contributed by atoms with van der Waals surface area (Å²) in [7, 11) is 0. The summed E-state index contributed by atoms with van der Waals surface area (Å²) in [5.74, 6) is 3.95. The lowest BCUT2D eigenvalue weighted by molar-refractivity contribution is -0.115. The number of rotatable bonds is 5. The minimum Gasteiger partial charge on any atom is -0.492 e. The van der Waals surface area contributed by atoms with Crippen LogP contribution in [0.3, 0.4) is 0 Å². The average Bonchev–Trinajstić information content (AvgIpc) is 2.47. The Kier molecular flexibility index (Phi) is 8.21. The highest BCUT2D eigenvalue weighted by molar-refractivity contribution is 8.07. The van der Waals surface area contributed by atoms with E-state index in [1.165, 1.54) is 0 Å². The van der Waals surface area contributed by atoms with E-state index in [1.54, 1.807) is 11.8 Å². The maximum absolute atomic E-state index is 12.0. The maximum atomic E-state index is 12.0. The molecule has 1 amide bonds. The first-order valence-corrected chi connectivity index (χ1v) is 8.43. The summed E-state index contributed by atoms with van der Waals surface area (Å²) in [6, 6.07) is 7.39. The van der Waals surface area contributed by atoms with Gasteiger partial charge in [-0.25, -0.2) is 0 Å². The quantitative estimate of drug-likeness (QED) is 0.864. The topological polar surface area (TPSA) is 64.3 Å². The largest absolute Gasteiger partial charge is 0.492 e. The minimum atomic E-state index is 0. The van der Waals surface area contributed by atoms with Crippen LogP contribution in [0, 0.1) is 0 Å². The fourth-order valence-corrected chi connectivity index (χ4v) is 4.23. The number of nitrogens with one attached hydrogen (secondary N) is 1. The van der Waals surface area contributed by atoms with E-state index in [9.17, 15) is 4.79 Å². The molecular weight excluding hydrogens is 316 g/mol. The number of benzene rings is 1. The normalized spacial score (nSPS) is 17.9. The van der Waals surface area contributed by atoms with Gasteiger partial charge in [-0.1, -0.05) is 0 Å². The van der Waals surface area contributed by atoms with Crippen LogP contribution in [-0.2, 0) is 4.79 Å². The van der Waals surface area contributed by atoms with E-state index in [0.29, 0.717) is 13.2 Å². The van der Waals surface area contributed by atoms with Crippen LogP contribution in [-0.4, -0.2) is 41.6 Å². The second-order valence-electron chi connectivity index (χ2n) is 4.09. The van der Waals surface area contributed by atoms with E-state index in [-0.39, 0.29) is 23.6 Å². The Labute approximate surface area is 134 Å². The number of halogens is 1. The molecule has 1 atom stereocenters. The molecule has 0 spiro atoms. The summed E-state index contributed by atoms with van der Waals surface area (Å²) >= 11 is 3.57. The van der Waals surface area contributed by atoms with Crippen molar-refractivity contribution in [2.45, 2.75) is 5.25 Å². The number of carbonyl (C=O) groups is 1. The minimum absolute atomic E-state index is 0. The second kappa shape index (κ2) is 9.39. The first-order valence-electron chi connectivity index (χ1n) is 6.23. The zero-order valence-corrected chi connectivity index (χ0v) is 13.5. The molecule has 1 aromatic carbocycles. The molecule has 1 aromatic rings. The molecule has 1 aliphatic heterocycles. The number of hydrogen-bond donors (Lipinski definition) is 2. The summed E-state index contributed by atoms with van der Waals surface area (Å²) < 4.78 is 5.39. The van der Waals surface area contributed by atoms with Crippen molar-refractivity contribution in [2.24, 2.45) is 5.73 Å². The highest BCUT2D eigenvalue weighted by atomic mass is 35.5. The zero-order valence-electron chi connectivity index (χ0n) is 11.0. The third-order valence-corrected chi connectivity index (χ3v) is 5.37. The van der Waals surface area contributed by atoms with Crippen molar-refractivity contribution >= 4 is 47.5 Å². The highest BCUT2D eigenvalue weighted by Gasteiger charge is 2.21. The van der Waals surface area contributed by atoms with Crippen LogP contribution in [0.4, 0.5) is 5.69 Å². The molecule has 7 heteroatoms. The highest BCUT2D eigenvalue weighted by Crippen LogP contribution is 2.25. The molecule has 0 bridgehead atoms. The van der Waals surface area contributed by atoms with E-state index in [1.807, 2.05) is 36.0 Å². The Bertz CT molecular complexity index is 411. The molecule has 0 radical (unpaired) electrons. The van der Waals surface area contributed by atoms with Crippen molar-refractivity contribution in [3.8, 4) is 5.75 Å². The van der Waals surface area contributed by atoms with Crippen molar-refractivity contribution in [1.29, 1.82) is 0 Å². The molecule has 1 unspecified atom stereocenters. The summed E-state index contributed by atoms with van der Waals surface area (Å²) in [5.41, 5.74) is 6.18. The van der Waals surface area contributed by atoms with Crippen molar-refractivity contribution in [2.75, 3.05) is 35.7 Å². The van der Waals surface area contributed by atoms with Gasteiger partial charge in [0.15, 0.2) is 0 Å². The monoisotopic (exact) mass is 334 g/mol. The lowest BCUT2D eigenvalue weighted by atomic mass is 10.3. The second-order valence-corrected chi connectivity index (χ2v) is 6.55. The van der Waals surface area contributed by atoms with Crippen LogP contribution in [0.15, 0.2) is 24.3 Å². The lowest BCUT2D eigenvalue weighted by Crippen LogP contribution is -2.30. The van der Waals surface area contributed by atoms with Gasteiger partial charge in [-0.2, -0.15) is 11.8 Å². The Morgan fingerprint density at radius 1 is 1.35 bits per heavy atom. The number of hydrogen-bond acceptors (Lipinski definition) is 5. The summed E-state index contributed by atoms with van der Waals surface area (Å²) in [6.07, 6.45) is 0. The molecule has 1 fully saturated rings. The van der Waals surface area contributed by atoms with Crippen LogP contribution in [0.2, 0.25) is 0 Å². The van der Waals surface area contributed by atoms with Gasteiger partial charge in [0, 0.05) is 29.5 Å². The third-order valence-electron chi connectivity index (χ3n) is 2.62. The molecule has 112 valence electrons. The molecule has 0 saturated carbocycles. The summed E-state index contributed by atoms with van der Waals surface area (Å²) in [4.78, 5) is 12.0. The van der Waals surface area contributed by atoms with E-state index in [0.717, 1.165) is 28.7 Å². The number of nitrogens with two attached hydrogens (primary N) is 1. The molecule has 4 nitrogen and oxygen atoms in total. The van der Waals surface area contributed by atoms with Crippen LogP contribution in [0.5, 0.6) is 5.75 Å². The summed E-state index contributed by atoms with van der Waals surface area (Å²) in [5, 5.41) is 3.00. The zero-order chi connectivity index (χ0) is 13.5. The standard InChI is InChI=1S/C13H18N2O2S2.ClH/c14-5-6-17-11-3-1-10(2-4-11)15-13(16)12-9-18-7-8-19-12;/h1-4,12H,5-9,14H2,(H,15,16);1H. The molecule has 0 aromatic heterocycles. The van der Waals surface area contributed by atoms with Gasteiger partial charge in [0.05, 0.1) is 5.25 Å². The van der Waals surface area contributed by atoms with Crippen LogP contribution in [0.1, 0.15) is 0 Å². The number of ether oxygens (including phenoxy) is 1. The van der Waals surface area contributed by atoms with E-state index in [4.69, 9.17) is 10.5 Å². The van der Waals surface area contributed by atoms with Crippen molar-refractivity contribution in [3.63, 3.8) is 0 Å². The smallest absolute Gasteiger partial charge is 0.238 e. The lowest BCUT2D eigenvalue weighted by Gasteiger charge is -2.20. The van der Waals surface area contributed by atoms with Gasteiger partial charge in [0.25, 0.3) is 0 Å². The Hall–Kier alpha value is -0.560. The number of anilines is 1. The van der Waals surface area contributed by atoms with Crippen LogP contribution in [0.25, 0.3) is 0 Å². The molecule has 1 saturated heterocycles. The first-order chi connectivity index (χ1) is 9.29. The molecule has 0 aliphatic carbocycles. The van der Waals surface area contributed by atoms with Crippen LogP contribution < -0.4 is 15.8 Å². The SMILES string of the molecule is Cl.NCCOc1ccc(NC(=O)C2CSCCS2)cc1. The molecule has 2 rings (SSSR count). The van der Waals surface area contributed by atoms with Crippen molar-refractivity contribution in [1.82, 2.24) is 0 Å². The fourth-order valence-electron chi connectivity index (χ4n) is 1.67. The van der Waals surface area contributed by atoms with Crippen LogP contribution >= 0.6 is 35.9 Å². The molecule has 1 heterocycles. The van der Waals surface area contributed by atoms with E-state index in [2.05, 4.69) is 5.32 Å². The summed E-state index contributed by atoms with van der Waals surface area (Å²) in [6.45, 7) is 0.997. The fraction of sp³-hybridized carbons (Fsp3) is 0.462. The number of carbonyl (C=O) groups excluding carboxylic acids is 1. The van der Waals surface area contributed by atoms with Gasteiger partial charge >= 0.3 is 0 Å². The van der Waals surface area contributed by atoms with Gasteiger partial charge in [0.1, 0.15) is 12.4 Å². The Morgan fingerprint density at radius 3 is 2.70 bits per heavy atom. The molecule has 3 N–H and O–H groups in total. The van der Waals surface area contributed by atoms with Gasteiger partial charge < -0.3 is 15.8 Å². The Balaban J connectivity index is 0.00000200. The molecule has 1 aliphatic rings. The number of thioether (sulfide) groups is 2. The third kappa shape index (κ3) is 5.44. The van der Waals surface area contributed by atoms with E-state index < -0.39 is 0 Å². The predicted molar refractivity (Wildman–Crippen MR) is 90.4 cm³/mol. The maximum Gasteiger partial charge on any atom is 0.238 e. The van der Waals surface area contributed by atoms with E-state index >= 15 is 0 Å². The average molecular weight is 335 g/mol. The van der Waals surface area contributed by atoms with Gasteiger partial charge in [-0.05, 0) is 24.3 Å². The van der Waals surface area contributed by atoms with Crippen molar-refractivity contribution in [3.05, 3.63) is 24.3 Å².